The number of hydrogen-bond donors (Lipinski definition) is 0. The van der Waals surface area contributed by atoms with E-state index in [0.29, 0.717) is 34.7 Å². The van der Waals surface area contributed by atoms with Crippen molar-refractivity contribution in [3.63, 3.8) is 0 Å². The van der Waals surface area contributed by atoms with E-state index >= 15 is 0 Å². The molecule has 1 fully saturated rings. The third-order valence-corrected chi connectivity index (χ3v) is 6.95. The molecule has 1 aliphatic heterocycles. The summed E-state index contributed by atoms with van der Waals surface area (Å²) < 4.78 is 29.5. The summed E-state index contributed by atoms with van der Waals surface area (Å²) >= 11 is 0. The number of benzene rings is 2. The smallest absolute Gasteiger partial charge is 0.175 e. The van der Waals surface area contributed by atoms with Gasteiger partial charge in [0.1, 0.15) is 5.75 Å². The minimum absolute atomic E-state index is 0.350. The summed E-state index contributed by atoms with van der Waals surface area (Å²) in [5.74, 6) is 1.66. The first kappa shape index (κ1) is 21.4. The fourth-order valence-corrected chi connectivity index (χ4v) is 4.96. The van der Waals surface area contributed by atoms with E-state index < -0.39 is 9.84 Å². The van der Waals surface area contributed by atoms with Crippen LogP contribution < -0.4 is 4.74 Å². The van der Waals surface area contributed by atoms with E-state index in [0.717, 1.165) is 37.2 Å². The van der Waals surface area contributed by atoms with Gasteiger partial charge in [-0.1, -0.05) is 25.1 Å². The van der Waals surface area contributed by atoms with Gasteiger partial charge in [0, 0.05) is 31.8 Å². The molecule has 1 saturated heterocycles. The van der Waals surface area contributed by atoms with Crippen LogP contribution in [0.4, 0.5) is 0 Å². The number of nitrogens with zero attached hydrogens (tertiary/aromatic N) is 2. The Morgan fingerprint density at radius 1 is 1.21 bits per heavy atom. The van der Waals surface area contributed by atoms with Gasteiger partial charge in [-0.15, -0.1) is 0 Å². The van der Waals surface area contributed by atoms with E-state index in [2.05, 4.69) is 17.9 Å². The van der Waals surface area contributed by atoms with Gasteiger partial charge in [0.2, 0.25) is 0 Å². The molecule has 0 aromatic heterocycles. The highest BCUT2D eigenvalue weighted by Crippen LogP contribution is 2.26. The molecule has 0 spiro atoms. The van der Waals surface area contributed by atoms with E-state index in [1.54, 1.807) is 25.1 Å². The lowest BCUT2D eigenvalue weighted by molar-refractivity contribution is 0.225. The van der Waals surface area contributed by atoms with Gasteiger partial charge in [0.05, 0.1) is 23.1 Å². The van der Waals surface area contributed by atoms with E-state index in [1.165, 1.54) is 6.26 Å². The number of nitriles is 1. The summed E-state index contributed by atoms with van der Waals surface area (Å²) in [5.41, 5.74) is 2.57. The highest BCUT2D eigenvalue weighted by atomic mass is 32.2. The van der Waals surface area contributed by atoms with Crippen LogP contribution in [0.1, 0.15) is 23.6 Å². The van der Waals surface area contributed by atoms with Gasteiger partial charge >= 0.3 is 0 Å². The van der Waals surface area contributed by atoms with Gasteiger partial charge in [-0.2, -0.15) is 5.26 Å². The number of aryl methyl sites for hydroxylation is 1. The monoisotopic (exact) mass is 412 g/mol. The molecule has 2 aromatic rings. The van der Waals surface area contributed by atoms with Crippen LogP contribution in [0.15, 0.2) is 47.4 Å². The molecule has 0 bridgehead atoms. The molecule has 29 heavy (non-hydrogen) atoms. The molecule has 0 radical (unpaired) electrons. The van der Waals surface area contributed by atoms with E-state index in [4.69, 9.17) is 4.74 Å². The third kappa shape index (κ3) is 5.37. The Hall–Kier alpha value is -2.36. The first-order valence-electron chi connectivity index (χ1n) is 9.92. The van der Waals surface area contributed by atoms with Crippen LogP contribution in [0, 0.1) is 30.1 Å². The van der Waals surface area contributed by atoms with Crippen molar-refractivity contribution in [2.24, 2.45) is 11.8 Å². The van der Waals surface area contributed by atoms with Crippen LogP contribution in [-0.4, -0.2) is 45.8 Å². The molecule has 0 amide bonds. The summed E-state index contributed by atoms with van der Waals surface area (Å²) in [6, 6.07) is 15.2. The van der Waals surface area contributed by atoms with Gasteiger partial charge in [0.25, 0.3) is 0 Å². The Kier molecular flexibility index (Phi) is 6.61. The van der Waals surface area contributed by atoms with Crippen molar-refractivity contribution in [3.8, 4) is 11.8 Å². The summed E-state index contributed by atoms with van der Waals surface area (Å²) in [6.07, 6.45) is 2.09. The van der Waals surface area contributed by atoms with E-state index in [9.17, 15) is 13.7 Å². The van der Waals surface area contributed by atoms with Crippen LogP contribution >= 0.6 is 0 Å². The fourth-order valence-electron chi connectivity index (χ4n) is 4.00. The van der Waals surface area contributed by atoms with Crippen molar-refractivity contribution in [2.75, 3.05) is 32.5 Å². The van der Waals surface area contributed by atoms with Crippen molar-refractivity contribution < 1.29 is 13.2 Å². The topological polar surface area (TPSA) is 70.4 Å². The first-order valence-corrected chi connectivity index (χ1v) is 11.8. The molecule has 3 rings (SSSR count). The second kappa shape index (κ2) is 8.98. The lowest BCUT2D eigenvalue weighted by Gasteiger charge is -2.17. The third-order valence-electron chi connectivity index (χ3n) is 5.69. The molecule has 5 nitrogen and oxygen atoms in total. The Labute approximate surface area is 173 Å². The molecular weight excluding hydrogens is 384 g/mol. The first-order chi connectivity index (χ1) is 13.8. The molecule has 0 N–H and O–H groups in total. The maximum absolute atomic E-state index is 11.8. The molecule has 154 valence electrons. The van der Waals surface area contributed by atoms with Gasteiger partial charge in [-0.3, -0.25) is 0 Å². The summed E-state index contributed by atoms with van der Waals surface area (Å²) in [7, 11) is -3.21. The molecule has 6 heteroatoms. The number of rotatable bonds is 7. The van der Waals surface area contributed by atoms with Crippen molar-refractivity contribution >= 4 is 9.84 Å². The molecule has 1 heterocycles. The minimum Gasteiger partial charge on any atom is -0.493 e. The van der Waals surface area contributed by atoms with Gasteiger partial charge in [0.15, 0.2) is 9.84 Å². The average Bonchev–Trinajstić information content (AvgIpc) is 3.03. The Morgan fingerprint density at radius 2 is 1.97 bits per heavy atom. The van der Waals surface area contributed by atoms with Crippen LogP contribution in [0.5, 0.6) is 5.75 Å². The fraction of sp³-hybridized carbons (Fsp3) is 0.435. The maximum atomic E-state index is 11.8. The van der Waals surface area contributed by atoms with Crippen LogP contribution in [0.3, 0.4) is 0 Å². The number of sulfone groups is 1. The Bertz CT molecular complexity index is 1010. The second-order valence-corrected chi connectivity index (χ2v) is 10.0. The molecule has 1 aliphatic rings. The van der Waals surface area contributed by atoms with Crippen LogP contribution in [0.2, 0.25) is 0 Å². The molecule has 2 atom stereocenters. The highest BCUT2D eigenvalue weighted by Gasteiger charge is 2.30. The van der Waals surface area contributed by atoms with E-state index in [1.807, 2.05) is 24.3 Å². The van der Waals surface area contributed by atoms with Crippen molar-refractivity contribution in [1.82, 2.24) is 4.90 Å². The zero-order chi connectivity index (χ0) is 21.0. The second-order valence-electron chi connectivity index (χ2n) is 8.03. The largest absolute Gasteiger partial charge is 0.493 e. The summed E-state index contributed by atoms with van der Waals surface area (Å²) in [4.78, 5) is 2.79. The maximum Gasteiger partial charge on any atom is 0.175 e. The normalized spacial score (nSPS) is 19.8. The van der Waals surface area contributed by atoms with Gasteiger partial charge < -0.3 is 9.64 Å². The molecule has 2 aromatic carbocycles. The van der Waals surface area contributed by atoms with E-state index in [-0.39, 0.29) is 0 Å². The minimum atomic E-state index is -3.21. The predicted octanol–water partition coefficient (Wildman–Crippen LogP) is 3.46. The van der Waals surface area contributed by atoms with Crippen molar-refractivity contribution in [1.29, 1.82) is 5.26 Å². The Balaban J connectivity index is 1.54. The summed E-state index contributed by atoms with van der Waals surface area (Å²) in [5, 5.41) is 9.24. The average molecular weight is 413 g/mol. The Morgan fingerprint density at radius 3 is 2.66 bits per heavy atom. The highest BCUT2D eigenvalue weighted by molar-refractivity contribution is 7.90. The van der Waals surface area contributed by atoms with Crippen LogP contribution in [-0.2, 0) is 16.3 Å². The number of hydrogen-bond acceptors (Lipinski definition) is 5. The number of ether oxygens (including phenoxy) is 1. The van der Waals surface area contributed by atoms with Gasteiger partial charge in [-0.25, -0.2) is 8.42 Å². The van der Waals surface area contributed by atoms with Gasteiger partial charge in [-0.05, 0) is 54.7 Å². The lowest BCUT2D eigenvalue weighted by atomic mass is 9.99. The van der Waals surface area contributed by atoms with Crippen molar-refractivity contribution in [3.05, 3.63) is 59.2 Å². The zero-order valence-corrected chi connectivity index (χ0v) is 18.1. The number of likely N-dealkylation sites (tertiary alicyclic amines) is 1. The summed E-state index contributed by atoms with van der Waals surface area (Å²) in [6.45, 7) is 7.58. The lowest BCUT2D eigenvalue weighted by Crippen LogP contribution is -2.25. The SMILES string of the molecule is Cc1cc(OC[C@@H]2CN(CCc3ccccc3C#N)C[C@H]2C)ccc1S(C)(=O)=O. The standard InChI is InChI=1S/C23H28N2O3S/c1-17-12-22(8-9-23(17)29(3,26)27)28-16-21-15-25(14-18(21)2)11-10-19-6-4-5-7-20(19)13-24/h4-9,12,18,21H,10-11,14-16H2,1-3H3/t18-,21+/m1/s1. The quantitative estimate of drug-likeness (QED) is 0.696. The molecule has 0 unspecified atom stereocenters. The molecule has 0 saturated carbocycles. The molecule has 0 aliphatic carbocycles. The van der Waals surface area contributed by atoms with Crippen LogP contribution in [0.25, 0.3) is 0 Å². The van der Waals surface area contributed by atoms with Crippen molar-refractivity contribution in [2.45, 2.75) is 25.2 Å². The zero-order valence-electron chi connectivity index (χ0n) is 17.3. The predicted molar refractivity (Wildman–Crippen MR) is 114 cm³/mol. The molecular formula is C23H28N2O3S.